The average molecular weight is 431 g/mol. The molecule has 1 N–H and O–H groups in total. The molecular formula is C21H22N2O4S2. The second kappa shape index (κ2) is 8.22. The molecule has 2 heterocycles. The standard InChI is InChI=1S/C21H22N2O4S2/c24-19-16-9-3-4-10-17(16)20(25)21(18(19)23-11-5-1-2-6-12-23)29(26,27)22-14-15-8-7-13-28-15/h3-4,7-10,13,22H,1-2,5-6,11-12,14H2. The van der Waals surface area contributed by atoms with Gasteiger partial charge in [-0.1, -0.05) is 43.2 Å². The summed E-state index contributed by atoms with van der Waals surface area (Å²) in [5, 5.41) is 1.86. The summed E-state index contributed by atoms with van der Waals surface area (Å²) in [6.07, 6.45) is 3.79. The van der Waals surface area contributed by atoms with Crippen molar-refractivity contribution in [2.45, 2.75) is 32.2 Å². The first-order chi connectivity index (χ1) is 14.0. The largest absolute Gasteiger partial charge is 0.367 e. The Kier molecular flexibility index (Phi) is 5.67. The molecule has 1 aromatic heterocycles. The second-order valence-electron chi connectivity index (χ2n) is 7.19. The zero-order valence-corrected chi connectivity index (χ0v) is 17.5. The van der Waals surface area contributed by atoms with Crippen LogP contribution in [0.5, 0.6) is 0 Å². The molecule has 29 heavy (non-hydrogen) atoms. The van der Waals surface area contributed by atoms with Gasteiger partial charge in [0.25, 0.3) is 0 Å². The van der Waals surface area contributed by atoms with E-state index in [1.165, 1.54) is 17.4 Å². The monoisotopic (exact) mass is 430 g/mol. The van der Waals surface area contributed by atoms with E-state index in [0.29, 0.717) is 13.1 Å². The van der Waals surface area contributed by atoms with Gasteiger partial charge in [-0.2, -0.15) is 0 Å². The van der Waals surface area contributed by atoms with Gasteiger partial charge in [-0.25, -0.2) is 13.1 Å². The number of benzene rings is 1. The van der Waals surface area contributed by atoms with Gasteiger partial charge in [0.1, 0.15) is 5.70 Å². The van der Waals surface area contributed by atoms with Crippen LogP contribution in [-0.4, -0.2) is 38.0 Å². The lowest BCUT2D eigenvalue weighted by molar-refractivity contribution is 0.0947. The maximum absolute atomic E-state index is 13.3. The van der Waals surface area contributed by atoms with Gasteiger partial charge in [0.05, 0.1) is 0 Å². The van der Waals surface area contributed by atoms with Crippen LogP contribution in [0.25, 0.3) is 0 Å². The molecule has 0 atom stereocenters. The van der Waals surface area contributed by atoms with Crippen molar-refractivity contribution in [1.29, 1.82) is 0 Å². The molecule has 0 bridgehead atoms. The van der Waals surface area contributed by atoms with Gasteiger partial charge >= 0.3 is 0 Å². The first-order valence-corrected chi connectivity index (χ1v) is 12.0. The van der Waals surface area contributed by atoms with Gasteiger partial charge < -0.3 is 4.90 Å². The van der Waals surface area contributed by atoms with Crippen molar-refractivity contribution in [2.24, 2.45) is 0 Å². The third-order valence-corrected chi connectivity index (χ3v) is 7.58. The molecule has 0 spiro atoms. The van der Waals surface area contributed by atoms with E-state index in [9.17, 15) is 18.0 Å². The highest BCUT2D eigenvalue weighted by atomic mass is 32.2. The lowest BCUT2D eigenvalue weighted by atomic mass is 9.91. The van der Waals surface area contributed by atoms with Crippen molar-refractivity contribution in [3.63, 3.8) is 0 Å². The fourth-order valence-electron chi connectivity index (χ4n) is 3.82. The number of hydrogen-bond acceptors (Lipinski definition) is 6. The number of sulfonamides is 1. The van der Waals surface area contributed by atoms with Gasteiger partial charge in [-0.3, -0.25) is 9.59 Å². The van der Waals surface area contributed by atoms with E-state index in [1.807, 2.05) is 17.5 Å². The van der Waals surface area contributed by atoms with Crippen LogP contribution in [0.4, 0.5) is 0 Å². The Morgan fingerprint density at radius 1 is 0.897 bits per heavy atom. The van der Waals surface area contributed by atoms with E-state index in [1.54, 1.807) is 23.1 Å². The van der Waals surface area contributed by atoms with Crippen molar-refractivity contribution in [3.8, 4) is 0 Å². The minimum atomic E-state index is -4.17. The Balaban J connectivity index is 1.80. The molecule has 1 aromatic carbocycles. The molecule has 1 saturated heterocycles. The summed E-state index contributed by atoms with van der Waals surface area (Å²) in [5.74, 6) is -1.00. The summed E-state index contributed by atoms with van der Waals surface area (Å²) in [6.45, 7) is 1.22. The van der Waals surface area contributed by atoms with Crippen molar-refractivity contribution in [2.75, 3.05) is 13.1 Å². The molecule has 0 unspecified atom stereocenters. The van der Waals surface area contributed by atoms with Crippen molar-refractivity contribution < 1.29 is 18.0 Å². The van der Waals surface area contributed by atoms with Crippen LogP contribution in [0.15, 0.2) is 52.4 Å². The molecule has 8 heteroatoms. The molecule has 0 amide bonds. The fraction of sp³-hybridized carbons (Fsp3) is 0.333. The van der Waals surface area contributed by atoms with E-state index in [-0.39, 0.29) is 23.4 Å². The quantitative estimate of drug-likeness (QED) is 0.787. The Morgan fingerprint density at radius 2 is 1.55 bits per heavy atom. The smallest absolute Gasteiger partial charge is 0.247 e. The molecule has 4 rings (SSSR count). The van der Waals surface area contributed by atoms with Crippen LogP contribution in [-0.2, 0) is 16.6 Å². The normalized spacial score (nSPS) is 18.0. The summed E-state index contributed by atoms with van der Waals surface area (Å²) in [5.41, 5.74) is 0.441. The lowest BCUT2D eigenvalue weighted by Gasteiger charge is -2.30. The summed E-state index contributed by atoms with van der Waals surface area (Å²) >= 11 is 1.43. The summed E-state index contributed by atoms with van der Waals surface area (Å²) in [4.78, 5) is 28.8. The Morgan fingerprint density at radius 3 is 2.17 bits per heavy atom. The Labute approximate surface area is 174 Å². The Hall–Kier alpha value is -2.29. The first-order valence-electron chi connectivity index (χ1n) is 9.69. The topological polar surface area (TPSA) is 83.6 Å². The number of fused-ring (bicyclic) bond motifs is 1. The molecule has 2 aromatic rings. The number of nitrogens with one attached hydrogen (secondary N) is 1. The number of hydrogen-bond donors (Lipinski definition) is 1. The van der Waals surface area contributed by atoms with Crippen LogP contribution >= 0.6 is 11.3 Å². The van der Waals surface area contributed by atoms with Gasteiger partial charge in [0.15, 0.2) is 4.91 Å². The minimum Gasteiger partial charge on any atom is -0.367 e. The van der Waals surface area contributed by atoms with Gasteiger partial charge in [-0.15, -0.1) is 11.3 Å². The average Bonchev–Trinajstić information content (AvgIpc) is 3.10. The number of allylic oxidation sites excluding steroid dienone is 2. The zero-order valence-electron chi connectivity index (χ0n) is 15.9. The number of ketones is 2. The summed E-state index contributed by atoms with van der Waals surface area (Å²) in [6, 6.07) is 10.1. The fourth-order valence-corrected chi connectivity index (χ4v) is 5.88. The number of nitrogens with zero attached hydrogens (tertiary/aromatic N) is 1. The number of thiophene rings is 1. The van der Waals surface area contributed by atoms with Crippen LogP contribution < -0.4 is 4.72 Å². The zero-order chi connectivity index (χ0) is 20.4. The molecule has 152 valence electrons. The highest BCUT2D eigenvalue weighted by Gasteiger charge is 2.41. The molecule has 1 fully saturated rings. The van der Waals surface area contributed by atoms with E-state index in [4.69, 9.17) is 0 Å². The Bertz CT molecular complexity index is 1060. The van der Waals surface area contributed by atoms with E-state index in [2.05, 4.69) is 4.72 Å². The molecule has 0 radical (unpaired) electrons. The van der Waals surface area contributed by atoms with Gasteiger partial charge in [0.2, 0.25) is 21.6 Å². The van der Waals surface area contributed by atoms with Crippen molar-refractivity contribution in [3.05, 3.63) is 68.4 Å². The predicted octanol–water partition coefficient (Wildman–Crippen LogP) is 3.33. The van der Waals surface area contributed by atoms with Crippen LogP contribution in [0.2, 0.25) is 0 Å². The predicted molar refractivity (Wildman–Crippen MR) is 112 cm³/mol. The second-order valence-corrected chi connectivity index (χ2v) is 9.92. The molecule has 1 aliphatic heterocycles. The molecule has 6 nitrogen and oxygen atoms in total. The van der Waals surface area contributed by atoms with Gasteiger partial charge in [0, 0.05) is 35.6 Å². The van der Waals surface area contributed by atoms with Crippen molar-refractivity contribution in [1.82, 2.24) is 9.62 Å². The lowest BCUT2D eigenvalue weighted by Crippen LogP contribution is -2.40. The van der Waals surface area contributed by atoms with E-state index < -0.39 is 26.5 Å². The summed E-state index contributed by atoms with van der Waals surface area (Å²) in [7, 11) is -4.17. The maximum Gasteiger partial charge on any atom is 0.247 e. The van der Waals surface area contributed by atoms with E-state index >= 15 is 0 Å². The summed E-state index contributed by atoms with van der Waals surface area (Å²) < 4.78 is 29.0. The van der Waals surface area contributed by atoms with Crippen LogP contribution in [0.3, 0.4) is 0 Å². The maximum atomic E-state index is 13.3. The number of likely N-dealkylation sites (tertiary alicyclic amines) is 1. The van der Waals surface area contributed by atoms with Gasteiger partial charge in [-0.05, 0) is 24.3 Å². The van der Waals surface area contributed by atoms with Crippen LogP contribution in [0, 0.1) is 0 Å². The number of rotatable bonds is 5. The first kappa shape index (κ1) is 20.0. The highest BCUT2D eigenvalue weighted by molar-refractivity contribution is 7.94. The molecule has 1 aliphatic carbocycles. The number of carbonyl (C=O) groups excluding carboxylic acids is 2. The number of carbonyl (C=O) groups is 2. The molecule has 2 aliphatic rings. The highest BCUT2D eigenvalue weighted by Crippen LogP contribution is 2.32. The number of Topliss-reactive ketones (excluding diaryl/α,β-unsaturated/α-hetero) is 2. The van der Waals surface area contributed by atoms with Crippen LogP contribution in [0.1, 0.15) is 51.3 Å². The SMILES string of the molecule is O=C1C(N2CCCCCC2)=C(S(=O)(=O)NCc2cccs2)C(=O)c2ccccc21. The molecule has 0 saturated carbocycles. The third kappa shape index (κ3) is 3.92. The third-order valence-electron chi connectivity index (χ3n) is 5.26. The minimum absolute atomic E-state index is 0.0225. The van der Waals surface area contributed by atoms with Crippen molar-refractivity contribution >= 4 is 32.9 Å². The van der Waals surface area contributed by atoms with E-state index in [0.717, 1.165) is 30.6 Å². The molecular weight excluding hydrogens is 408 g/mol.